The number of unbranched alkanes of at least 4 members (excludes halogenated alkanes) is 2. The molecule has 3 aliphatic rings. The molecule has 0 bridgehead atoms. The highest BCUT2D eigenvalue weighted by Crippen LogP contribution is 2.52. The van der Waals surface area contributed by atoms with Crippen molar-refractivity contribution in [2.45, 2.75) is 99.7 Å². The summed E-state index contributed by atoms with van der Waals surface area (Å²) in [5.74, 6) is -2.96. The number of aryl methyl sites for hydroxylation is 1. The van der Waals surface area contributed by atoms with Gasteiger partial charge in [0.15, 0.2) is 5.71 Å². The fourth-order valence-electron chi connectivity index (χ4n) is 10.7. The van der Waals surface area contributed by atoms with Gasteiger partial charge in [0.1, 0.15) is 11.4 Å². The van der Waals surface area contributed by atoms with Gasteiger partial charge in [-0.05, 0) is 120 Å². The lowest BCUT2D eigenvalue weighted by molar-refractivity contribution is -0.438. The molecule has 0 atom stereocenters. The third-order valence-corrected chi connectivity index (χ3v) is 17.6. The predicted octanol–water partition coefficient (Wildman–Crippen LogP) is 8.06. The molecule has 5 aromatic carbocycles. The van der Waals surface area contributed by atoms with Gasteiger partial charge in [0.25, 0.3) is 52.3 Å². The van der Waals surface area contributed by atoms with Crippen LogP contribution in [0.15, 0.2) is 125 Å². The molecule has 8 rings (SSSR count). The second-order valence-corrected chi connectivity index (χ2v) is 26.2. The molecular formula is C54H58N3O16S4+. The molecule has 19 nitrogen and oxygen atoms in total. The lowest BCUT2D eigenvalue weighted by Gasteiger charge is -2.27. The Balaban J connectivity index is 1.28. The molecular weight excluding hydrogens is 1070 g/mol. The number of benzene rings is 5. The molecule has 0 spiro atoms. The van der Waals surface area contributed by atoms with Crippen LogP contribution in [0.2, 0.25) is 0 Å². The molecule has 1 fully saturated rings. The Morgan fingerprint density at radius 1 is 0.701 bits per heavy atom. The van der Waals surface area contributed by atoms with E-state index in [2.05, 4.69) is 0 Å². The maximum Gasteiger partial charge on any atom is 0.333 e. The van der Waals surface area contributed by atoms with Crippen molar-refractivity contribution in [1.29, 1.82) is 0 Å². The van der Waals surface area contributed by atoms with E-state index in [1.165, 1.54) is 24.3 Å². The average molecular weight is 1130 g/mol. The Labute approximate surface area is 447 Å². The number of fused-ring (bicyclic) bond motifs is 6. The van der Waals surface area contributed by atoms with Crippen LogP contribution in [0.4, 0.5) is 11.4 Å². The molecule has 0 saturated carbocycles. The number of allylic oxidation sites excluding steroid dienone is 6. The van der Waals surface area contributed by atoms with Crippen LogP contribution in [0, 0.1) is 0 Å². The van der Waals surface area contributed by atoms with Crippen molar-refractivity contribution in [3.8, 4) is 0 Å². The van der Waals surface area contributed by atoms with Crippen molar-refractivity contribution >= 4 is 102 Å². The van der Waals surface area contributed by atoms with Crippen molar-refractivity contribution in [2.24, 2.45) is 0 Å². The van der Waals surface area contributed by atoms with Crippen LogP contribution in [-0.2, 0) is 76.9 Å². The zero-order valence-corrected chi connectivity index (χ0v) is 45.8. The van der Waals surface area contributed by atoms with E-state index in [4.69, 9.17) is 4.84 Å². The van der Waals surface area contributed by atoms with Gasteiger partial charge >= 0.3 is 5.97 Å². The van der Waals surface area contributed by atoms with Crippen molar-refractivity contribution in [2.75, 3.05) is 29.5 Å². The first kappa shape index (κ1) is 56.8. The van der Waals surface area contributed by atoms with E-state index in [0.717, 1.165) is 11.1 Å². The topological polar surface area (TPSA) is 287 Å². The predicted molar refractivity (Wildman–Crippen MR) is 289 cm³/mol. The monoisotopic (exact) mass is 1130 g/mol. The summed E-state index contributed by atoms with van der Waals surface area (Å²) in [5.41, 5.74) is 4.45. The molecule has 4 N–H and O–H groups in total. The van der Waals surface area contributed by atoms with Gasteiger partial charge in [-0.25, -0.2) is 4.79 Å². The highest BCUT2D eigenvalue weighted by Gasteiger charge is 2.46. The number of imide groups is 1. The molecule has 23 heteroatoms. The van der Waals surface area contributed by atoms with E-state index in [1.54, 1.807) is 36.4 Å². The van der Waals surface area contributed by atoms with Gasteiger partial charge in [-0.15, -0.1) is 5.06 Å². The second kappa shape index (κ2) is 21.4. The van der Waals surface area contributed by atoms with Gasteiger partial charge in [0.2, 0.25) is 5.69 Å². The molecule has 0 radical (unpaired) electrons. The Bertz CT molecular complexity index is 3860. The number of hydrogen-bond acceptors (Lipinski definition) is 13. The third-order valence-electron chi connectivity index (χ3n) is 14.2. The van der Waals surface area contributed by atoms with Crippen LogP contribution in [0.25, 0.3) is 27.1 Å². The van der Waals surface area contributed by atoms with Crippen LogP contribution in [0.1, 0.15) is 94.9 Å². The Kier molecular flexibility index (Phi) is 15.8. The highest BCUT2D eigenvalue weighted by molar-refractivity contribution is 7.86. The second-order valence-electron chi connectivity index (χ2n) is 20.3. The van der Waals surface area contributed by atoms with Crippen LogP contribution in [0.5, 0.6) is 0 Å². The van der Waals surface area contributed by atoms with E-state index in [9.17, 15) is 66.3 Å². The van der Waals surface area contributed by atoms with Crippen LogP contribution < -0.4 is 4.90 Å². The normalized spacial score (nSPS) is 17.4. The summed E-state index contributed by atoms with van der Waals surface area (Å²) in [6, 6.07) is 23.3. The Morgan fingerprint density at radius 3 is 2.03 bits per heavy atom. The number of hydroxylamine groups is 2. The summed E-state index contributed by atoms with van der Waals surface area (Å²) in [6.07, 6.45) is 8.22. The smallest absolute Gasteiger partial charge is 0.333 e. The van der Waals surface area contributed by atoms with Gasteiger partial charge in [-0.3, -0.25) is 27.8 Å². The summed E-state index contributed by atoms with van der Waals surface area (Å²) in [6.45, 7) is 8.34. The molecule has 77 heavy (non-hydrogen) atoms. The number of carbonyl (C=O) groups is 3. The van der Waals surface area contributed by atoms with Crippen molar-refractivity contribution in [3.05, 3.63) is 137 Å². The Morgan fingerprint density at radius 2 is 1.36 bits per heavy atom. The van der Waals surface area contributed by atoms with Gasteiger partial charge < -0.3 is 9.74 Å². The number of amides is 2. The van der Waals surface area contributed by atoms with Gasteiger partial charge in [-0.1, -0.05) is 68.5 Å². The number of hydrogen-bond donors (Lipinski definition) is 4. The average Bonchev–Trinajstić information content (AvgIpc) is 3.86. The first-order valence-corrected chi connectivity index (χ1v) is 30.7. The fraction of sp³-hybridized carbons (Fsp3) is 0.333. The van der Waals surface area contributed by atoms with E-state index >= 15 is 0 Å². The summed E-state index contributed by atoms with van der Waals surface area (Å²) < 4.78 is 139. The molecule has 0 aliphatic carbocycles. The largest absolute Gasteiger partial charge is 0.344 e. The molecule has 0 unspecified atom stereocenters. The van der Waals surface area contributed by atoms with E-state index in [1.807, 2.05) is 85.7 Å². The quantitative estimate of drug-likeness (QED) is 0.0188. The lowest BCUT2D eigenvalue weighted by Crippen LogP contribution is -2.32. The third kappa shape index (κ3) is 12.3. The van der Waals surface area contributed by atoms with Crippen LogP contribution in [-0.4, -0.2) is 110 Å². The standard InChI is InChI=1S/C54H57N3O16S4/c1-53(2)46(56(30-6-8-32-75(64,65)66)44-23-21-40-41(51(44)53)13-10-14-45(40)77(70,71)72)24-18-36(38-12-9-11-35(33-38)15-28-50(60)73-57-48(58)26-27-49(57)59)19-25-47-54(3,4)52-42-34-39(76(67,68)69)20-16-37(42)17-22-43(52)55(47)29-5-7-31-74(61,62)63/h9-14,16-25,33-34H,5-8,15,26-32H2,1-4H3,(H3-,61,62,63,64,65,66,67,68,69,70,71,72)/p+1. The molecule has 2 amide bonds. The first-order chi connectivity index (χ1) is 36.0. The lowest BCUT2D eigenvalue weighted by atomic mass is 9.79. The molecule has 5 aromatic rings. The van der Waals surface area contributed by atoms with Crippen molar-refractivity contribution in [1.82, 2.24) is 5.06 Å². The van der Waals surface area contributed by atoms with Gasteiger partial charge in [-0.2, -0.15) is 38.2 Å². The molecule has 3 heterocycles. The summed E-state index contributed by atoms with van der Waals surface area (Å²) in [7, 11) is -17.8. The first-order valence-electron chi connectivity index (χ1n) is 24.6. The molecule has 0 aromatic heterocycles. The zero-order valence-electron chi connectivity index (χ0n) is 42.5. The maximum absolute atomic E-state index is 13.0. The van der Waals surface area contributed by atoms with Gasteiger partial charge in [0, 0.05) is 65.7 Å². The number of nitrogens with zero attached hydrogens (tertiary/aromatic N) is 3. The molecule has 1 saturated heterocycles. The summed E-state index contributed by atoms with van der Waals surface area (Å²) in [5, 5.41) is 2.57. The molecule has 408 valence electrons. The van der Waals surface area contributed by atoms with Crippen molar-refractivity contribution in [3.63, 3.8) is 0 Å². The fourth-order valence-corrected chi connectivity index (χ4v) is 13.0. The molecule has 3 aliphatic heterocycles. The van der Waals surface area contributed by atoms with Crippen LogP contribution in [0.3, 0.4) is 0 Å². The number of anilines is 1. The van der Waals surface area contributed by atoms with Crippen LogP contribution >= 0.6 is 0 Å². The highest BCUT2D eigenvalue weighted by atomic mass is 32.2. The maximum atomic E-state index is 13.0. The Hall–Kier alpha value is -6.44. The number of carbonyl (C=O) groups excluding carboxylic acids is 3. The minimum atomic E-state index is -4.65. The minimum absolute atomic E-state index is 0.0621. The van der Waals surface area contributed by atoms with E-state index in [-0.39, 0.29) is 66.8 Å². The zero-order chi connectivity index (χ0) is 56.0. The van der Waals surface area contributed by atoms with Crippen molar-refractivity contribution < 1.29 is 75.7 Å². The number of rotatable bonds is 20. The van der Waals surface area contributed by atoms with Gasteiger partial charge in [0.05, 0.1) is 28.2 Å². The summed E-state index contributed by atoms with van der Waals surface area (Å²) >= 11 is 0. The minimum Gasteiger partial charge on any atom is -0.344 e. The van der Waals surface area contributed by atoms with E-state index < -0.39 is 80.6 Å². The SMILES string of the molecule is CC1(C)C(/C=C/C(=C/C=C2/N(CCCCS(=O)(=O)O)c3ccc4c(S(=O)(=O)O)cccc4c3C2(C)C)c2cccc(CCC(=O)ON3C(=O)CCC3=O)c2)=[N+](CCCCS(=O)(=O)O)c2ccc3ccc(S(=O)(=O)O)cc3c21. The summed E-state index contributed by atoms with van der Waals surface area (Å²) in [4.78, 5) is 43.8. The van der Waals surface area contributed by atoms with E-state index in [0.29, 0.717) is 73.5 Å².